The van der Waals surface area contributed by atoms with E-state index in [1.807, 2.05) is 0 Å². The van der Waals surface area contributed by atoms with Crippen LogP contribution in [0.2, 0.25) is 0 Å². The lowest BCUT2D eigenvalue weighted by Crippen LogP contribution is -2.06. The molecule has 74 valence electrons. The average Bonchev–Trinajstić information content (AvgIpc) is 2.02. The van der Waals surface area contributed by atoms with Gasteiger partial charge in [-0.15, -0.1) is 0 Å². The van der Waals surface area contributed by atoms with Gasteiger partial charge >= 0.3 is 11.9 Å². The number of hydrogen-bond donors (Lipinski definition) is 3. The second-order valence-corrected chi connectivity index (χ2v) is 2.47. The Balaban J connectivity index is 4.15. The van der Waals surface area contributed by atoms with E-state index < -0.39 is 18.4 Å². The molecule has 0 rings (SSSR count). The molecule has 0 heterocycles. The number of aliphatic hydroxyl groups excluding tert-OH is 1. The Morgan fingerprint density at radius 2 is 1.85 bits per heavy atom. The Morgan fingerprint density at radius 3 is 2.23 bits per heavy atom. The summed E-state index contributed by atoms with van der Waals surface area (Å²) in [4.78, 5) is 20.6. The molecule has 5 heteroatoms. The third-order valence-corrected chi connectivity index (χ3v) is 1.37. The fourth-order valence-corrected chi connectivity index (χ4v) is 0.766. The van der Waals surface area contributed by atoms with Crippen LogP contribution in [-0.4, -0.2) is 33.9 Å². The molecule has 0 aromatic heterocycles. The Bertz CT molecular complexity index is 219. The molecule has 0 bridgehead atoms. The third kappa shape index (κ3) is 5.86. The van der Waals surface area contributed by atoms with Gasteiger partial charge in [0.05, 0.1) is 6.42 Å². The van der Waals surface area contributed by atoms with Crippen molar-refractivity contribution < 1.29 is 24.9 Å². The van der Waals surface area contributed by atoms with Crippen molar-refractivity contribution in [3.63, 3.8) is 0 Å². The molecular formula is C8H12O5. The number of carboxylic acid groups (broad SMARTS) is 2. The van der Waals surface area contributed by atoms with Gasteiger partial charge in [-0.05, 0) is 12.8 Å². The van der Waals surface area contributed by atoms with E-state index in [-0.39, 0.29) is 12.2 Å². The van der Waals surface area contributed by atoms with Crippen LogP contribution in [0.1, 0.15) is 19.3 Å². The topological polar surface area (TPSA) is 94.8 Å². The number of allylic oxidation sites excluding steroid dienone is 1. The van der Waals surface area contributed by atoms with Crippen LogP contribution < -0.4 is 0 Å². The summed E-state index contributed by atoms with van der Waals surface area (Å²) in [5.41, 5.74) is -0.138. The van der Waals surface area contributed by atoms with Gasteiger partial charge in [0.15, 0.2) is 0 Å². The minimum Gasteiger partial charge on any atom is -0.481 e. The number of carboxylic acids is 2. The maximum atomic E-state index is 10.4. The van der Waals surface area contributed by atoms with Crippen molar-refractivity contribution in [2.24, 2.45) is 0 Å². The van der Waals surface area contributed by atoms with E-state index in [1.165, 1.54) is 6.08 Å². The van der Waals surface area contributed by atoms with Crippen molar-refractivity contribution >= 4 is 11.9 Å². The van der Waals surface area contributed by atoms with Crippen molar-refractivity contribution in [3.05, 3.63) is 11.6 Å². The molecule has 0 aliphatic carbocycles. The first-order valence-electron chi connectivity index (χ1n) is 3.83. The number of aliphatic hydroxyl groups is 1. The van der Waals surface area contributed by atoms with E-state index >= 15 is 0 Å². The quantitative estimate of drug-likeness (QED) is 0.410. The molecule has 0 aromatic carbocycles. The lowest BCUT2D eigenvalue weighted by atomic mass is 10.1. The lowest BCUT2D eigenvalue weighted by Gasteiger charge is -1.97. The van der Waals surface area contributed by atoms with Crippen LogP contribution in [0.15, 0.2) is 11.6 Å². The first-order valence-corrected chi connectivity index (χ1v) is 3.83. The van der Waals surface area contributed by atoms with Crippen LogP contribution in [0.5, 0.6) is 0 Å². The van der Waals surface area contributed by atoms with Gasteiger partial charge in [0.1, 0.15) is 0 Å². The standard InChI is InChI=1S/C8H12O5/c9-4-2-1-3-6(8(12)13)5-7(10)11/h3,9H,1-2,4-5H2,(H,10,11)(H,12,13). The van der Waals surface area contributed by atoms with Crippen LogP contribution in [-0.2, 0) is 9.59 Å². The highest BCUT2D eigenvalue weighted by Crippen LogP contribution is 2.04. The molecule has 0 aliphatic rings. The lowest BCUT2D eigenvalue weighted by molar-refractivity contribution is -0.139. The van der Waals surface area contributed by atoms with Crippen molar-refractivity contribution in [1.82, 2.24) is 0 Å². The number of rotatable bonds is 6. The highest BCUT2D eigenvalue weighted by atomic mass is 16.4. The summed E-state index contributed by atoms with van der Waals surface area (Å²) >= 11 is 0. The number of hydrogen-bond acceptors (Lipinski definition) is 3. The van der Waals surface area contributed by atoms with E-state index in [0.29, 0.717) is 12.8 Å². The van der Waals surface area contributed by atoms with Gasteiger partial charge in [-0.25, -0.2) is 4.79 Å². The fraction of sp³-hybridized carbons (Fsp3) is 0.500. The zero-order valence-electron chi connectivity index (χ0n) is 7.06. The minimum absolute atomic E-state index is 0.0313. The SMILES string of the molecule is O=C(O)CC(=CCCCO)C(=O)O. The van der Waals surface area contributed by atoms with E-state index in [0.717, 1.165) is 0 Å². The van der Waals surface area contributed by atoms with Crippen LogP contribution >= 0.6 is 0 Å². The molecule has 0 radical (unpaired) electrons. The van der Waals surface area contributed by atoms with Crippen LogP contribution in [0.25, 0.3) is 0 Å². The molecule has 0 aromatic rings. The molecular weight excluding hydrogens is 176 g/mol. The highest BCUT2D eigenvalue weighted by molar-refractivity contribution is 5.91. The average molecular weight is 188 g/mol. The number of unbranched alkanes of at least 4 members (excludes halogenated alkanes) is 1. The molecule has 3 N–H and O–H groups in total. The summed E-state index contributed by atoms with van der Waals surface area (Å²) in [6, 6.07) is 0. The summed E-state index contributed by atoms with van der Waals surface area (Å²) in [6.07, 6.45) is 1.66. The summed E-state index contributed by atoms with van der Waals surface area (Å²) in [5.74, 6) is -2.39. The van der Waals surface area contributed by atoms with E-state index in [2.05, 4.69) is 0 Å². The summed E-state index contributed by atoms with van der Waals surface area (Å²) in [5, 5.41) is 25.3. The Labute approximate surface area is 75.3 Å². The van der Waals surface area contributed by atoms with Gasteiger partial charge in [0.2, 0.25) is 0 Å². The minimum atomic E-state index is -1.22. The monoisotopic (exact) mass is 188 g/mol. The second-order valence-electron chi connectivity index (χ2n) is 2.47. The highest BCUT2D eigenvalue weighted by Gasteiger charge is 2.10. The van der Waals surface area contributed by atoms with Gasteiger partial charge in [0, 0.05) is 12.2 Å². The van der Waals surface area contributed by atoms with Crippen molar-refractivity contribution in [3.8, 4) is 0 Å². The van der Waals surface area contributed by atoms with Crippen LogP contribution in [0, 0.1) is 0 Å². The van der Waals surface area contributed by atoms with Crippen molar-refractivity contribution in [1.29, 1.82) is 0 Å². The molecule has 0 aliphatic heterocycles. The molecule has 0 unspecified atom stereocenters. The summed E-state index contributed by atoms with van der Waals surface area (Å²) < 4.78 is 0. The Kier molecular flexibility index (Phi) is 5.54. The zero-order chi connectivity index (χ0) is 10.3. The zero-order valence-corrected chi connectivity index (χ0v) is 7.06. The number of carbonyl (C=O) groups is 2. The predicted molar refractivity (Wildman–Crippen MR) is 44.3 cm³/mol. The molecule has 0 amide bonds. The fourth-order valence-electron chi connectivity index (χ4n) is 0.766. The maximum absolute atomic E-state index is 10.4. The van der Waals surface area contributed by atoms with Crippen molar-refractivity contribution in [2.75, 3.05) is 6.61 Å². The van der Waals surface area contributed by atoms with Crippen molar-refractivity contribution in [2.45, 2.75) is 19.3 Å². The van der Waals surface area contributed by atoms with Gasteiger partial charge in [0.25, 0.3) is 0 Å². The molecule has 0 saturated carbocycles. The first-order chi connectivity index (χ1) is 6.07. The molecule has 0 saturated heterocycles. The van der Waals surface area contributed by atoms with Crippen LogP contribution in [0.4, 0.5) is 0 Å². The largest absolute Gasteiger partial charge is 0.481 e. The van der Waals surface area contributed by atoms with Gasteiger partial charge in [-0.3, -0.25) is 4.79 Å². The summed E-state index contributed by atoms with van der Waals surface area (Å²) in [6.45, 7) is -0.0313. The van der Waals surface area contributed by atoms with Crippen LogP contribution in [0.3, 0.4) is 0 Å². The van der Waals surface area contributed by atoms with E-state index in [1.54, 1.807) is 0 Å². The van der Waals surface area contributed by atoms with E-state index in [4.69, 9.17) is 15.3 Å². The molecule has 0 atom stereocenters. The smallest absolute Gasteiger partial charge is 0.331 e. The molecule has 0 fully saturated rings. The maximum Gasteiger partial charge on any atom is 0.331 e. The van der Waals surface area contributed by atoms with E-state index in [9.17, 15) is 9.59 Å². The normalized spacial score (nSPS) is 11.3. The molecule has 13 heavy (non-hydrogen) atoms. The number of aliphatic carboxylic acids is 2. The predicted octanol–water partition coefficient (Wildman–Crippen LogP) is 0.245. The summed E-state index contributed by atoms with van der Waals surface area (Å²) in [7, 11) is 0. The molecule has 0 spiro atoms. The van der Waals surface area contributed by atoms with Gasteiger partial charge in [-0.2, -0.15) is 0 Å². The Morgan fingerprint density at radius 1 is 1.23 bits per heavy atom. The second kappa shape index (κ2) is 6.19. The third-order valence-electron chi connectivity index (χ3n) is 1.37. The first kappa shape index (κ1) is 11.6. The molecule has 5 nitrogen and oxygen atoms in total. The van der Waals surface area contributed by atoms with Gasteiger partial charge in [-0.1, -0.05) is 6.08 Å². The Hall–Kier alpha value is -1.36. The van der Waals surface area contributed by atoms with Gasteiger partial charge < -0.3 is 15.3 Å².